The largest absolute Gasteiger partial charge is 0.398 e. The molecule has 1 aromatic carbocycles. The summed E-state index contributed by atoms with van der Waals surface area (Å²) in [5.41, 5.74) is 6.68. The van der Waals surface area contributed by atoms with E-state index in [9.17, 15) is 4.79 Å². The van der Waals surface area contributed by atoms with Crippen molar-refractivity contribution < 1.29 is 9.90 Å². The van der Waals surface area contributed by atoms with Crippen molar-refractivity contribution in [1.82, 2.24) is 9.80 Å². The molecule has 20 heavy (non-hydrogen) atoms. The number of anilines is 1. The van der Waals surface area contributed by atoms with E-state index in [-0.39, 0.29) is 12.5 Å². The summed E-state index contributed by atoms with van der Waals surface area (Å²) in [4.78, 5) is 16.5. The number of aliphatic hydroxyl groups excluding tert-OH is 1. The first-order valence-corrected chi connectivity index (χ1v) is 7.17. The summed E-state index contributed by atoms with van der Waals surface area (Å²) in [7, 11) is 0. The van der Waals surface area contributed by atoms with Gasteiger partial charge in [-0.25, -0.2) is 0 Å². The van der Waals surface area contributed by atoms with Crippen molar-refractivity contribution in [3.05, 3.63) is 28.8 Å². The van der Waals surface area contributed by atoms with Crippen molar-refractivity contribution in [2.45, 2.75) is 6.42 Å². The van der Waals surface area contributed by atoms with E-state index in [1.165, 1.54) is 0 Å². The molecule has 0 spiro atoms. The van der Waals surface area contributed by atoms with Crippen molar-refractivity contribution in [2.75, 3.05) is 45.1 Å². The predicted molar refractivity (Wildman–Crippen MR) is 79.9 cm³/mol. The number of rotatable bonds is 3. The highest BCUT2D eigenvalue weighted by Crippen LogP contribution is 2.24. The molecular weight excluding hydrogens is 278 g/mol. The lowest BCUT2D eigenvalue weighted by Crippen LogP contribution is -2.36. The third-order valence-corrected chi connectivity index (χ3v) is 3.87. The van der Waals surface area contributed by atoms with Crippen molar-refractivity contribution in [3.63, 3.8) is 0 Å². The van der Waals surface area contributed by atoms with E-state index in [4.69, 9.17) is 22.4 Å². The Morgan fingerprint density at radius 3 is 2.80 bits per heavy atom. The topological polar surface area (TPSA) is 69.8 Å². The van der Waals surface area contributed by atoms with Crippen LogP contribution in [0.25, 0.3) is 0 Å². The molecule has 1 aromatic rings. The molecule has 0 radical (unpaired) electrons. The molecule has 1 aliphatic rings. The van der Waals surface area contributed by atoms with Crippen LogP contribution in [0.3, 0.4) is 0 Å². The summed E-state index contributed by atoms with van der Waals surface area (Å²) in [5, 5.41) is 9.37. The van der Waals surface area contributed by atoms with Gasteiger partial charge in [-0.1, -0.05) is 17.7 Å². The Kier molecular flexibility index (Phi) is 5.23. The predicted octanol–water partition coefficient (Wildman–Crippen LogP) is 1.06. The molecule has 6 heteroatoms. The van der Waals surface area contributed by atoms with Crippen molar-refractivity contribution in [2.24, 2.45) is 0 Å². The zero-order valence-corrected chi connectivity index (χ0v) is 12.1. The molecule has 1 amide bonds. The Bertz CT molecular complexity index is 461. The second-order valence-corrected chi connectivity index (χ2v) is 5.32. The van der Waals surface area contributed by atoms with Crippen LogP contribution in [0, 0.1) is 0 Å². The molecule has 1 aliphatic heterocycles. The Labute approximate surface area is 123 Å². The zero-order chi connectivity index (χ0) is 14.5. The standard InChI is InChI=1S/C14H20ClN3O2/c15-11-3-1-4-12(16)13(11)14(20)18-6-2-5-17(7-8-18)9-10-19/h1,3-4,19H,2,5-10,16H2. The molecule has 0 atom stereocenters. The van der Waals surface area contributed by atoms with E-state index < -0.39 is 0 Å². The molecular formula is C14H20ClN3O2. The van der Waals surface area contributed by atoms with Crippen LogP contribution in [0.15, 0.2) is 18.2 Å². The van der Waals surface area contributed by atoms with Crippen LogP contribution in [0.4, 0.5) is 5.69 Å². The molecule has 0 saturated carbocycles. The Morgan fingerprint density at radius 1 is 1.30 bits per heavy atom. The highest BCUT2D eigenvalue weighted by Gasteiger charge is 2.23. The number of β-amino-alcohol motifs (C(OH)–C–C–N with tert-alkyl or cyclic N) is 1. The fraction of sp³-hybridized carbons (Fsp3) is 0.500. The lowest BCUT2D eigenvalue weighted by atomic mass is 10.1. The fourth-order valence-electron chi connectivity index (χ4n) is 2.46. The van der Waals surface area contributed by atoms with Crippen LogP contribution in [0.5, 0.6) is 0 Å². The molecule has 2 rings (SSSR count). The van der Waals surface area contributed by atoms with E-state index in [0.29, 0.717) is 35.9 Å². The van der Waals surface area contributed by atoms with Gasteiger partial charge in [0.2, 0.25) is 0 Å². The fourth-order valence-corrected chi connectivity index (χ4v) is 2.73. The van der Waals surface area contributed by atoms with Gasteiger partial charge in [0.15, 0.2) is 0 Å². The third-order valence-electron chi connectivity index (χ3n) is 3.55. The quantitative estimate of drug-likeness (QED) is 0.819. The summed E-state index contributed by atoms with van der Waals surface area (Å²) in [6.07, 6.45) is 0.885. The normalized spacial score (nSPS) is 17.0. The number of carbonyl (C=O) groups is 1. The summed E-state index contributed by atoms with van der Waals surface area (Å²) in [5.74, 6) is -0.112. The van der Waals surface area contributed by atoms with Crippen LogP contribution >= 0.6 is 11.6 Å². The molecule has 5 nitrogen and oxygen atoms in total. The zero-order valence-electron chi connectivity index (χ0n) is 11.4. The van der Waals surface area contributed by atoms with Crippen LogP contribution in [-0.2, 0) is 0 Å². The SMILES string of the molecule is Nc1cccc(Cl)c1C(=O)N1CCCN(CCO)CC1. The number of aliphatic hydroxyl groups is 1. The van der Waals surface area contributed by atoms with Crippen molar-refractivity contribution in [1.29, 1.82) is 0 Å². The van der Waals surface area contributed by atoms with Crippen molar-refractivity contribution >= 4 is 23.2 Å². The number of benzene rings is 1. The number of halogens is 1. The lowest BCUT2D eigenvalue weighted by molar-refractivity contribution is 0.0761. The van der Waals surface area contributed by atoms with Crippen molar-refractivity contribution in [3.8, 4) is 0 Å². The van der Waals surface area contributed by atoms with Gasteiger partial charge in [-0.05, 0) is 25.1 Å². The number of nitrogens with two attached hydrogens (primary N) is 1. The lowest BCUT2D eigenvalue weighted by Gasteiger charge is -2.22. The third kappa shape index (κ3) is 3.42. The Hall–Kier alpha value is -1.30. The van der Waals surface area contributed by atoms with E-state index in [2.05, 4.69) is 4.90 Å². The summed E-state index contributed by atoms with van der Waals surface area (Å²) < 4.78 is 0. The number of hydrogen-bond donors (Lipinski definition) is 2. The van der Waals surface area contributed by atoms with Crippen LogP contribution < -0.4 is 5.73 Å². The number of carbonyl (C=O) groups excluding carboxylic acids is 1. The minimum Gasteiger partial charge on any atom is -0.398 e. The summed E-state index contributed by atoms with van der Waals surface area (Å²) in [6, 6.07) is 5.11. The van der Waals surface area contributed by atoms with Crippen LogP contribution in [0.1, 0.15) is 16.8 Å². The maximum Gasteiger partial charge on any atom is 0.257 e. The minimum atomic E-state index is -0.112. The number of nitrogens with zero attached hydrogens (tertiary/aromatic N) is 2. The maximum atomic E-state index is 12.6. The molecule has 0 aromatic heterocycles. The van der Waals surface area contributed by atoms with Gasteiger partial charge in [-0.2, -0.15) is 0 Å². The van der Waals surface area contributed by atoms with Gasteiger partial charge in [0.25, 0.3) is 5.91 Å². The molecule has 0 bridgehead atoms. The Balaban J connectivity index is 2.10. The van der Waals surface area contributed by atoms with E-state index in [1.54, 1.807) is 23.1 Å². The van der Waals surface area contributed by atoms with Gasteiger partial charge in [-0.15, -0.1) is 0 Å². The van der Waals surface area contributed by atoms with Gasteiger partial charge < -0.3 is 15.7 Å². The smallest absolute Gasteiger partial charge is 0.257 e. The molecule has 0 aliphatic carbocycles. The highest BCUT2D eigenvalue weighted by molar-refractivity contribution is 6.34. The Morgan fingerprint density at radius 2 is 2.10 bits per heavy atom. The number of amides is 1. The molecule has 3 N–H and O–H groups in total. The summed E-state index contributed by atoms with van der Waals surface area (Å²) >= 11 is 6.09. The number of hydrogen-bond acceptors (Lipinski definition) is 4. The van der Waals surface area contributed by atoms with Crippen LogP contribution in [-0.4, -0.2) is 60.1 Å². The average Bonchev–Trinajstić information content (AvgIpc) is 2.64. The van der Waals surface area contributed by atoms with E-state index >= 15 is 0 Å². The van der Waals surface area contributed by atoms with E-state index in [1.807, 2.05) is 0 Å². The van der Waals surface area contributed by atoms with E-state index in [0.717, 1.165) is 19.5 Å². The highest BCUT2D eigenvalue weighted by atomic mass is 35.5. The first kappa shape index (κ1) is 15.1. The molecule has 1 heterocycles. The average molecular weight is 298 g/mol. The number of nitrogen functional groups attached to an aromatic ring is 1. The first-order chi connectivity index (χ1) is 9.63. The minimum absolute atomic E-state index is 0.112. The maximum absolute atomic E-state index is 12.6. The second-order valence-electron chi connectivity index (χ2n) is 4.92. The van der Waals surface area contributed by atoms with Gasteiger partial charge in [-0.3, -0.25) is 9.69 Å². The first-order valence-electron chi connectivity index (χ1n) is 6.80. The summed E-state index contributed by atoms with van der Waals surface area (Å²) in [6.45, 7) is 3.76. The molecule has 1 fully saturated rings. The van der Waals surface area contributed by atoms with Gasteiger partial charge in [0.1, 0.15) is 0 Å². The van der Waals surface area contributed by atoms with Gasteiger partial charge in [0.05, 0.1) is 17.2 Å². The van der Waals surface area contributed by atoms with Gasteiger partial charge >= 0.3 is 0 Å². The molecule has 110 valence electrons. The second kappa shape index (κ2) is 6.92. The monoisotopic (exact) mass is 297 g/mol. The molecule has 1 saturated heterocycles. The van der Waals surface area contributed by atoms with Gasteiger partial charge in [0, 0.05) is 31.9 Å². The van der Waals surface area contributed by atoms with Crippen LogP contribution in [0.2, 0.25) is 5.02 Å². The molecule has 0 unspecified atom stereocenters.